The van der Waals surface area contributed by atoms with Crippen LogP contribution in [-0.4, -0.2) is 44.0 Å². The Hall–Kier alpha value is -1.16. The molecule has 0 unspecified atom stereocenters. The van der Waals surface area contributed by atoms with Gasteiger partial charge in [0.1, 0.15) is 0 Å². The van der Waals surface area contributed by atoms with E-state index in [0.29, 0.717) is 0 Å². The molecule has 0 spiro atoms. The lowest BCUT2D eigenvalue weighted by Gasteiger charge is -2.40. The molecule has 0 saturated carbocycles. The number of unbranched alkanes of at least 4 members (excludes halogenated alkanes) is 17. The average Bonchev–Trinajstić information content (AvgIpc) is 3.06. The van der Waals surface area contributed by atoms with E-state index >= 15 is 0 Å². The van der Waals surface area contributed by atoms with E-state index in [1.54, 1.807) is 5.57 Å². The summed E-state index contributed by atoms with van der Waals surface area (Å²) >= 11 is 0. The summed E-state index contributed by atoms with van der Waals surface area (Å²) in [5, 5.41) is 0. The zero-order chi connectivity index (χ0) is 33.2. The molecule has 0 bridgehead atoms. The lowest BCUT2D eigenvalue weighted by Crippen LogP contribution is -2.47. The summed E-state index contributed by atoms with van der Waals surface area (Å²) in [5.41, 5.74) is 1.56. The van der Waals surface area contributed by atoms with E-state index in [-0.39, 0.29) is 5.79 Å². The molecular weight excluding hydrogens is 562 g/mol. The molecule has 0 N–H and O–H groups in total. The molecule has 268 valence electrons. The second kappa shape index (κ2) is 32.4. The summed E-state index contributed by atoms with van der Waals surface area (Å²) in [6.45, 7) is 10.7. The Kier molecular flexibility index (Phi) is 30.2. The molecule has 1 aliphatic heterocycles. The Labute approximate surface area is 288 Å². The van der Waals surface area contributed by atoms with Gasteiger partial charge in [0.15, 0.2) is 5.79 Å². The van der Waals surface area contributed by atoms with E-state index in [0.717, 1.165) is 64.8 Å². The van der Waals surface area contributed by atoms with Gasteiger partial charge in [-0.25, -0.2) is 0 Å². The Morgan fingerprint density at radius 3 is 1.50 bits per heavy atom. The van der Waals surface area contributed by atoms with Crippen LogP contribution < -0.4 is 0 Å². The average molecular weight is 642 g/mol. The topological polar surface area (TPSA) is 21.7 Å². The molecule has 1 rings (SSSR count). The highest BCUT2D eigenvalue weighted by Crippen LogP contribution is 2.28. The number of ether oxygens (including phenoxy) is 2. The van der Waals surface area contributed by atoms with E-state index in [4.69, 9.17) is 9.47 Å². The van der Waals surface area contributed by atoms with Crippen LogP contribution in [-0.2, 0) is 9.47 Å². The fraction of sp³-hybridized carbons (Fsp3) is 0.814. The van der Waals surface area contributed by atoms with Gasteiger partial charge in [0.05, 0.1) is 13.2 Å². The highest BCUT2D eigenvalue weighted by molar-refractivity contribution is 5.02. The Morgan fingerprint density at radius 1 is 0.543 bits per heavy atom. The minimum Gasteiger partial charge on any atom is -0.350 e. The second-order valence-corrected chi connectivity index (χ2v) is 14.1. The van der Waals surface area contributed by atoms with Gasteiger partial charge in [-0.15, -0.1) is 0 Å². The van der Waals surface area contributed by atoms with E-state index in [2.05, 4.69) is 75.3 Å². The molecule has 0 atom stereocenters. The molecule has 3 nitrogen and oxygen atoms in total. The van der Waals surface area contributed by atoms with Gasteiger partial charge < -0.3 is 14.4 Å². The summed E-state index contributed by atoms with van der Waals surface area (Å²) < 4.78 is 13.0. The Balaban J connectivity index is 2.05. The third-order valence-electron chi connectivity index (χ3n) is 9.53. The minimum absolute atomic E-state index is 0.335. The van der Waals surface area contributed by atoms with Crippen molar-refractivity contribution in [3.63, 3.8) is 0 Å². The Morgan fingerprint density at radius 2 is 0.978 bits per heavy atom. The molecule has 0 radical (unpaired) electrons. The van der Waals surface area contributed by atoms with Crippen LogP contribution in [0.3, 0.4) is 0 Å². The molecule has 0 amide bonds. The fourth-order valence-corrected chi connectivity index (χ4v) is 6.21. The van der Waals surface area contributed by atoms with E-state index in [1.807, 2.05) is 0 Å². The summed E-state index contributed by atoms with van der Waals surface area (Å²) in [6.07, 6.45) is 49.4. The number of nitrogens with zero attached hydrogens (tertiary/aromatic N) is 1. The smallest absolute Gasteiger partial charge is 0.170 e. The maximum absolute atomic E-state index is 6.51. The molecule has 3 heteroatoms. The molecule has 0 aromatic rings. The predicted octanol–water partition coefficient (Wildman–Crippen LogP) is 13.5. The number of allylic oxidation sites excluding steroid dienone is 8. The quantitative estimate of drug-likeness (QED) is 0.0414. The predicted molar refractivity (Wildman–Crippen MR) is 205 cm³/mol. The fourth-order valence-electron chi connectivity index (χ4n) is 6.21. The molecule has 1 aliphatic rings. The van der Waals surface area contributed by atoms with Crippen LogP contribution in [0.4, 0.5) is 0 Å². The van der Waals surface area contributed by atoms with E-state index in [1.165, 1.54) is 128 Å². The van der Waals surface area contributed by atoms with Crippen molar-refractivity contribution in [2.45, 2.75) is 193 Å². The largest absolute Gasteiger partial charge is 0.350 e. The molecule has 0 aliphatic carbocycles. The first-order valence-corrected chi connectivity index (χ1v) is 20.2. The molecule has 46 heavy (non-hydrogen) atoms. The van der Waals surface area contributed by atoms with Crippen LogP contribution in [0.2, 0.25) is 0 Å². The van der Waals surface area contributed by atoms with Gasteiger partial charge in [-0.2, -0.15) is 0 Å². The first kappa shape index (κ1) is 42.9. The third-order valence-corrected chi connectivity index (χ3v) is 9.53. The van der Waals surface area contributed by atoms with Crippen LogP contribution in [0.15, 0.2) is 48.1 Å². The maximum atomic E-state index is 6.51. The van der Waals surface area contributed by atoms with Gasteiger partial charge in [0.2, 0.25) is 0 Å². The van der Waals surface area contributed by atoms with Crippen molar-refractivity contribution in [2.75, 3.05) is 33.4 Å². The third kappa shape index (κ3) is 26.9. The highest BCUT2D eigenvalue weighted by atomic mass is 16.7. The minimum atomic E-state index is -0.335. The van der Waals surface area contributed by atoms with Crippen LogP contribution in [0, 0.1) is 0 Å². The number of likely N-dealkylation sites (tertiary alicyclic amines) is 1. The van der Waals surface area contributed by atoms with E-state index in [9.17, 15) is 0 Å². The second-order valence-electron chi connectivity index (χ2n) is 14.1. The van der Waals surface area contributed by atoms with Gasteiger partial charge >= 0.3 is 0 Å². The normalized spacial score (nSPS) is 16.1. The Bertz CT molecular complexity index is 759. The van der Waals surface area contributed by atoms with Gasteiger partial charge in [0.25, 0.3) is 0 Å². The summed E-state index contributed by atoms with van der Waals surface area (Å²) in [7, 11) is 2.22. The summed E-state index contributed by atoms with van der Waals surface area (Å²) in [5.74, 6) is -0.335. The van der Waals surface area contributed by atoms with Crippen molar-refractivity contribution in [1.82, 2.24) is 4.90 Å². The van der Waals surface area contributed by atoms with Crippen molar-refractivity contribution in [3.8, 4) is 0 Å². The summed E-state index contributed by atoms with van der Waals surface area (Å²) in [6, 6.07) is 0. The number of rotatable bonds is 32. The van der Waals surface area contributed by atoms with Gasteiger partial charge in [-0.1, -0.05) is 139 Å². The molecule has 1 fully saturated rings. The zero-order valence-corrected chi connectivity index (χ0v) is 31.5. The summed E-state index contributed by atoms with van der Waals surface area (Å²) in [4.78, 5) is 2.41. The van der Waals surface area contributed by atoms with Gasteiger partial charge in [0, 0.05) is 25.9 Å². The van der Waals surface area contributed by atoms with Crippen molar-refractivity contribution in [2.24, 2.45) is 0 Å². The number of hydrogen-bond acceptors (Lipinski definition) is 3. The molecule has 1 saturated heterocycles. The van der Waals surface area contributed by atoms with Gasteiger partial charge in [-0.05, 0) is 91.0 Å². The van der Waals surface area contributed by atoms with Crippen LogP contribution in [0.5, 0.6) is 0 Å². The zero-order valence-electron chi connectivity index (χ0n) is 31.5. The standard InChI is InChI=1S/C43H79NO2/c1-5-7-9-11-13-14-15-16-17-18-19-20-21-24-28-32-40-45-43(36-38-44(4)39-37-43)46-41-33-29-25-23-27-31-35-42(3)34-30-26-22-12-10-8-6-2/h13-14,16-17,22,26,34H,5-12,15,18-21,23-25,27-33,35-41H2,1-4H3/b14-13-,17-16-,26-22-,42-34-. The first-order chi connectivity index (χ1) is 22.6. The molecule has 0 aromatic carbocycles. The highest BCUT2D eigenvalue weighted by Gasteiger charge is 2.35. The van der Waals surface area contributed by atoms with Crippen LogP contribution >= 0.6 is 0 Å². The monoisotopic (exact) mass is 642 g/mol. The van der Waals surface area contributed by atoms with Crippen molar-refractivity contribution in [3.05, 3.63) is 48.1 Å². The van der Waals surface area contributed by atoms with Crippen LogP contribution in [0.1, 0.15) is 188 Å². The van der Waals surface area contributed by atoms with E-state index < -0.39 is 0 Å². The SMILES string of the molecule is CCCCC/C=C\C/C=C\CCCCCCCCOC1(OCCCCCCCC/C(C)=C\C/C=C\CCCCC)CCN(C)CC1. The molecule has 1 heterocycles. The first-order valence-electron chi connectivity index (χ1n) is 20.2. The lowest BCUT2D eigenvalue weighted by molar-refractivity contribution is -0.257. The number of piperidine rings is 1. The molecular formula is C43H79NO2. The number of hydrogen-bond donors (Lipinski definition) is 0. The lowest BCUT2D eigenvalue weighted by atomic mass is 10.0. The molecule has 0 aromatic heterocycles. The van der Waals surface area contributed by atoms with Gasteiger partial charge in [-0.3, -0.25) is 0 Å². The maximum Gasteiger partial charge on any atom is 0.170 e. The van der Waals surface area contributed by atoms with Crippen molar-refractivity contribution in [1.29, 1.82) is 0 Å². The van der Waals surface area contributed by atoms with Crippen LogP contribution in [0.25, 0.3) is 0 Å². The van der Waals surface area contributed by atoms with Crippen molar-refractivity contribution >= 4 is 0 Å². The van der Waals surface area contributed by atoms with Crippen molar-refractivity contribution < 1.29 is 9.47 Å².